The zero-order valence-electron chi connectivity index (χ0n) is 20.1. The van der Waals surface area contributed by atoms with Crippen LogP contribution in [0.3, 0.4) is 0 Å². The van der Waals surface area contributed by atoms with Gasteiger partial charge in [-0.15, -0.1) is 6.58 Å². The van der Waals surface area contributed by atoms with Crippen LogP contribution in [0.2, 0.25) is 16.6 Å². The largest absolute Gasteiger partial charge is 0.481 e. The van der Waals surface area contributed by atoms with Crippen LogP contribution in [0.4, 0.5) is 0 Å². The first-order valence-corrected chi connectivity index (χ1v) is 13.5. The van der Waals surface area contributed by atoms with Crippen LogP contribution in [-0.4, -0.2) is 43.4 Å². The molecule has 0 bridgehead atoms. The van der Waals surface area contributed by atoms with Crippen LogP contribution in [-0.2, 0) is 20.6 Å². The number of benzene rings is 1. The van der Waals surface area contributed by atoms with E-state index >= 15 is 0 Å². The highest BCUT2D eigenvalue weighted by Crippen LogP contribution is 2.42. The molecule has 0 fully saturated rings. The van der Waals surface area contributed by atoms with Gasteiger partial charge in [-0.3, -0.25) is 9.59 Å². The molecule has 0 heterocycles. The molecule has 1 amide bonds. The van der Waals surface area contributed by atoms with E-state index in [0.29, 0.717) is 36.3 Å². The van der Waals surface area contributed by atoms with Gasteiger partial charge < -0.3 is 14.4 Å². The van der Waals surface area contributed by atoms with E-state index in [1.54, 1.807) is 11.0 Å². The molecule has 0 saturated heterocycles. The van der Waals surface area contributed by atoms with Gasteiger partial charge in [-0.05, 0) is 28.6 Å². The molecule has 1 rings (SSSR count). The van der Waals surface area contributed by atoms with Crippen LogP contribution in [0.25, 0.3) is 0 Å². The summed E-state index contributed by atoms with van der Waals surface area (Å²) in [6.45, 7) is 18.4. The van der Waals surface area contributed by atoms with E-state index in [9.17, 15) is 14.7 Å². The Morgan fingerprint density at radius 2 is 1.61 bits per heavy atom. The van der Waals surface area contributed by atoms with Crippen molar-refractivity contribution in [1.29, 1.82) is 0 Å². The summed E-state index contributed by atoms with van der Waals surface area (Å²) >= 11 is 0. The number of hydrogen-bond donors (Lipinski definition) is 1. The lowest BCUT2D eigenvalue weighted by Crippen LogP contribution is -2.49. The molecule has 0 unspecified atom stereocenters. The SMILES string of the molecule is C=CC[C@@H](CC(=O)N(CCO[Si](C(C)C)(C(C)C)C(C)C)Cc1ccccc1)C(=O)O. The van der Waals surface area contributed by atoms with Gasteiger partial charge in [0.2, 0.25) is 5.91 Å². The number of hydrogen-bond acceptors (Lipinski definition) is 3. The highest BCUT2D eigenvalue weighted by Gasteiger charge is 2.45. The van der Waals surface area contributed by atoms with Crippen molar-refractivity contribution in [1.82, 2.24) is 4.90 Å². The fourth-order valence-electron chi connectivity index (χ4n) is 4.74. The summed E-state index contributed by atoms with van der Waals surface area (Å²) in [6.07, 6.45) is 1.81. The standard InChI is InChI=1S/C25H41NO4Si/c1-8-12-23(25(28)29)17-24(27)26(18-22-13-10-9-11-14-22)15-16-30-31(19(2)3,20(4)5)21(6)7/h8-11,13-14,19-21,23H,1,12,15-18H2,2-7H3,(H,28,29)/t23-/m0/s1. The molecule has 174 valence electrons. The Bertz CT molecular complexity index is 681. The normalized spacial score (nSPS) is 12.9. The second-order valence-electron chi connectivity index (χ2n) is 9.23. The van der Waals surface area contributed by atoms with Crippen LogP contribution in [0.15, 0.2) is 43.0 Å². The van der Waals surface area contributed by atoms with Gasteiger partial charge in [0.25, 0.3) is 0 Å². The van der Waals surface area contributed by atoms with E-state index in [0.717, 1.165) is 5.56 Å². The predicted octanol–water partition coefficient (Wildman–Crippen LogP) is 5.87. The van der Waals surface area contributed by atoms with Gasteiger partial charge in [-0.1, -0.05) is 78.0 Å². The van der Waals surface area contributed by atoms with Gasteiger partial charge in [-0.25, -0.2) is 0 Å². The molecule has 31 heavy (non-hydrogen) atoms. The summed E-state index contributed by atoms with van der Waals surface area (Å²) in [7, 11) is -2.03. The van der Waals surface area contributed by atoms with Gasteiger partial charge in [0.1, 0.15) is 0 Å². The van der Waals surface area contributed by atoms with Crippen molar-refractivity contribution >= 4 is 20.2 Å². The van der Waals surface area contributed by atoms with Gasteiger partial charge in [0, 0.05) is 19.5 Å². The third kappa shape index (κ3) is 7.61. The third-order valence-electron chi connectivity index (χ3n) is 6.21. The molecular weight excluding hydrogens is 406 g/mol. The fourth-order valence-corrected chi connectivity index (χ4v) is 10.2. The van der Waals surface area contributed by atoms with Crippen molar-refractivity contribution in [2.75, 3.05) is 13.2 Å². The number of carboxylic acid groups (broad SMARTS) is 1. The third-order valence-corrected chi connectivity index (χ3v) is 12.3. The quantitative estimate of drug-likeness (QED) is 0.286. The lowest BCUT2D eigenvalue weighted by atomic mass is 10.0. The summed E-state index contributed by atoms with van der Waals surface area (Å²) < 4.78 is 6.64. The number of aliphatic carboxylic acids is 1. The van der Waals surface area contributed by atoms with E-state index in [2.05, 4.69) is 48.1 Å². The first kappa shape index (κ1) is 27.1. The van der Waals surface area contributed by atoms with Crippen molar-refractivity contribution < 1.29 is 19.1 Å². The molecule has 0 spiro atoms. The van der Waals surface area contributed by atoms with Gasteiger partial charge in [0.05, 0.1) is 12.5 Å². The summed E-state index contributed by atoms with van der Waals surface area (Å²) in [4.78, 5) is 26.4. The van der Waals surface area contributed by atoms with Gasteiger partial charge >= 0.3 is 5.97 Å². The van der Waals surface area contributed by atoms with E-state index in [1.165, 1.54) is 0 Å². The summed E-state index contributed by atoms with van der Waals surface area (Å²) in [5.41, 5.74) is 2.42. The van der Waals surface area contributed by atoms with Crippen LogP contribution < -0.4 is 0 Å². The van der Waals surface area contributed by atoms with E-state index in [4.69, 9.17) is 4.43 Å². The fraction of sp³-hybridized carbons (Fsp3) is 0.600. The second kappa shape index (κ2) is 12.8. The highest BCUT2D eigenvalue weighted by molar-refractivity contribution is 6.77. The van der Waals surface area contributed by atoms with Gasteiger partial charge in [-0.2, -0.15) is 0 Å². The Hall–Kier alpha value is -1.92. The Labute approximate surface area is 189 Å². The second-order valence-corrected chi connectivity index (χ2v) is 14.7. The number of allylic oxidation sites excluding steroid dienone is 1. The van der Waals surface area contributed by atoms with Crippen LogP contribution in [0.5, 0.6) is 0 Å². The molecule has 1 aromatic rings. The van der Waals surface area contributed by atoms with Crippen molar-refractivity contribution in [3.8, 4) is 0 Å². The Balaban J connectivity index is 2.99. The average Bonchev–Trinajstić information content (AvgIpc) is 2.69. The number of amides is 1. The lowest BCUT2D eigenvalue weighted by molar-refractivity contribution is -0.146. The number of carboxylic acids is 1. The topological polar surface area (TPSA) is 66.8 Å². The number of carbonyl (C=O) groups is 2. The van der Waals surface area contributed by atoms with Crippen molar-refractivity contribution in [2.45, 2.75) is 77.6 Å². The highest BCUT2D eigenvalue weighted by atomic mass is 28.4. The molecule has 0 aliphatic carbocycles. The molecule has 0 radical (unpaired) electrons. The molecule has 1 aromatic carbocycles. The average molecular weight is 448 g/mol. The zero-order valence-corrected chi connectivity index (χ0v) is 21.1. The maximum atomic E-state index is 13.1. The zero-order chi connectivity index (χ0) is 23.6. The maximum Gasteiger partial charge on any atom is 0.307 e. The molecule has 0 aliphatic rings. The number of nitrogens with zero attached hydrogens (tertiary/aromatic N) is 1. The Morgan fingerprint density at radius 1 is 1.06 bits per heavy atom. The first-order chi connectivity index (χ1) is 14.6. The summed E-state index contributed by atoms with van der Waals surface area (Å²) in [5, 5.41) is 9.45. The summed E-state index contributed by atoms with van der Waals surface area (Å²) in [5.74, 6) is -1.87. The monoisotopic (exact) mass is 447 g/mol. The molecule has 5 nitrogen and oxygen atoms in total. The van der Waals surface area contributed by atoms with E-state index in [1.807, 2.05) is 30.3 Å². The van der Waals surface area contributed by atoms with Crippen molar-refractivity contribution in [2.24, 2.45) is 5.92 Å². The van der Waals surface area contributed by atoms with Crippen molar-refractivity contribution in [3.05, 3.63) is 48.6 Å². The Morgan fingerprint density at radius 3 is 2.06 bits per heavy atom. The molecular formula is C25H41NO4Si. The minimum absolute atomic E-state index is 0.0324. The molecule has 0 aromatic heterocycles. The predicted molar refractivity (Wildman–Crippen MR) is 129 cm³/mol. The smallest absolute Gasteiger partial charge is 0.307 e. The Kier molecular flexibility index (Phi) is 11.2. The first-order valence-electron chi connectivity index (χ1n) is 11.4. The number of rotatable bonds is 14. The summed E-state index contributed by atoms with van der Waals surface area (Å²) in [6, 6.07) is 9.79. The minimum atomic E-state index is -2.03. The molecule has 0 saturated carbocycles. The molecule has 6 heteroatoms. The van der Waals surface area contributed by atoms with Crippen LogP contribution >= 0.6 is 0 Å². The minimum Gasteiger partial charge on any atom is -0.481 e. The van der Waals surface area contributed by atoms with Gasteiger partial charge in [0.15, 0.2) is 8.32 Å². The lowest BCUT2D eigenvalue weighted by Gasteiger charge is -2.42. The number of carbonyl (C=O) groups excluding carboxylic acids is 1. The van der Waals surface area contributed by atoms with Crippen LogP contribution in [0.1, 0.15) is 59.9 Å². The van der Waals surface area contributed by atoms with E-state index < -0.39 is 20.2 Å². The van der Waals surface area contributed by atoms with Crippen LogP contribution in [0, 0.1) is 5.92 Å². The molecule has 1 N–H and O–H groups in total. The van der Waals surface area contributed by atoms with Crippen molar-refractivity contribution in [3.63, 3.8) is 0 Å². The molecule has 1 atom stereocenters. The van der Waals surface area contributed by atoms with E-state index in [-0.39, 0.29) is 18.7 Å². The molecule has 0 aliphatic heterocycles. The maximum absolute atomic E-state index is 13.1.